The maximum absolute atomic E-state index is 12.6. The third kappa shape index (κ3) is 6.06. The predicted octanol–water partition coefficient (Wildman–Crippen LogP) is 5.23. The summed E-state index contributed by atoms with van der Waals surface area (Å²) in [4.78, 5) is 19.5. The molecule has 0 unspecified atom stereocenters. The topological polar surface area (TPSA) is 57.3 Å². The van der Waals surface area contributed by atoms with E-state index in [0.717, 1.165) is 42.7 Å². The van der Waals surface area contributed by atoms with Crippen molar-refractivity contribution in [1.82, 2.24) is 10.3 Å². The molecule has 29 heavy (non-hydrogen) atoms. The van der Waals surface area contributed by atoms with Crippen molar-refractivity contribution in [2.45, 2.75) is 51.4 Å². The lowest BCUT2D eigenvalue weighted by molar-refractivity contribution is -0.116. The van der Waals surface area contributed by atoms with Gasteiger partial charge in [-0.25, -0.2) is 4.98 Å². The lowest BCUT2D eigenvalue weighted by Crippen LogP contribution is -2.23. The first-order valence-corrected chi connectivity index (χ1v) is 11.2. The molecule has 0 bridgehead atoms. The molecule has 5 nitrogen and oxygen atoms in total. The van der Waals surface area contributed by atoms with E-state index < -0.39 is 0 Å². The molecule has 2 aromatic rings. The van der Waals surface area contributed by atoms with Gasteiger partial charge in [0.15, 0.2) is 0 Å². The molecule has 0 saturated heterocycles. The Kier molecular flexibility index (Phi) is 8.13. The first kappa shape index (κ1) is 21.8. The van der Waals surface area contributed by atoms with Crippen molar-refractivity contribution in [3.8, 4) is 0 Å². The average molecular weight is 417 g/mol. The van der Waals surface area contributed by atoms with Gasteiger partial charge in [-0.05, 0) is 56.6 Å². The molecule has 0 atom stereocenters. The molecule has 1 saturated carbocycles. The summed E-state index contributed by atoms with van der Waals surface area (Å²) in [6.45, 7) is 1.91. The van der Waals surface area contributed by atoms with E-state index in [9.17, 15) is 4.79 Å². The number of carbonyl (C=O) groups is 1. The summed E-state index contributed by atoms with van der Waals surface area (Å²) in [5.41, 5.74) is 1.52. The SMILES string of the molecule is CNCCCN(C)c1ccc2c(NC(=O)CCC3CCCCC3)c(Cl)ccc2n1. The fourth-order valence-corrected chi connectivity index (χ4v) is 4.34. The fourth-order valence-electron chi connectivity index (χ4n) is 4.13. The molecular formula is C23H33ClN4O. The van der Waals surface area contributed by atoms with Gasteiger partial charge in [0.05, 0.1) is 16.2 Å². The van der Waals surface area contributed by atoms with Crippen molar-refractivity contribution < 1.29 is 4.79 Å². The average Bonchev–Trinajstić information content (AvgIpc) is 2.75. The van der Waals surface area contributed by atoms with Crippen LogP contribution in [0.15, 0.2) is 24.3 Å². The quantitative estimate of drug-likeness (QED) is 0.549. The number of fused-ring (bicyclic) bond motifs is 1. The van der Waals surface area contributed by atoms with E-state index in [0.29, 0.717) is 23.0 Å². The van der Waals surface area contributed by atoms with Gasteiger partial charge in [0.1, 0.15) is 5.82 Å². The second kappa shape index (κ2) is 10.8. The van der Waals surface area contributed by atoms with Crippen LogP contribution in [-0.2, 0) is 4.79 Å². The molecule has 158 valence electrons. The van der Waals surface area contributed by atoms with Crippen molar-refractivity contribution in [3.05, 3.63) is 29.3 Å². The van der Waals surface area contributed by atoms with Crippen LogP contribution < -0.4 is 15.5 Å². The number of aromatic nitrogens is 1. The van der Waals surface area contributed by atoms with Crippen LogP contribution in [0.25, 0.3) is 10.9 Å². The predicted molar refractivity (Wildman–Crippen MR) is 123 cm³/mol. The molecule has 1 aliphatic carbocycles. The number of nitrogens with one attached hydrogen (secondary N) is 2. The first-order chi connectivity index (χ1) is 14.1. The van der Waals surface area contributed by atoms with E-state index in [1.54, 1.807) is 0 Å². The summed E-state index contributed by atoms with van der Waals surface area (Å²) in [6, 6.07) is 7.74. The fraction of sp³-hybridized carbons (Fsp3) is 0.565. The van der Waals surface area contributed by atoms with Gasteiger partial charge in [-0.2, -0.15) is 0 Å². The van der Waals surface area contributed by atoms with Crippen molar-refractivity contribution in [2.24, 2.45) is 5.92 Å². The number of pyridine rings is 1. The molecule has 1 aromatic carbocycles. The highest BCUT2D eigenvalue weighted by Gasteiger charge is 2.16. The maximum Gasteiger partial charge on any atom is 0.224 e. The standard InChI is InChI=1S/C23H33ClN4O/c1-25-15-6-16-28(2)21-13-10-18-20(26-21)12-11-19(24)23(18)27-22(29)14-9-17-7-4-3-5-8-17/h10-13,17,25H,3-9,14-16H2,1-2H3,(H,27,29). The van der Waals surface area contributed by atoms with Gasteiger partial charge in [0.25, 0.3) is 0 Å². The van der Waals surface area contributed by atoms with Crippen LogP contribution >= 0.6 is 11.6 Å². The molecule has 0 radical (unpaired) electrons. The molecule has 0 spiro atoms. The van der Waals surface area contributed by atoms with Crippen LogP contribution in [-0.4, -0.2) is 38.1 Å². The van der Waals surface area contributed by atoms with Crippen molar-refractivity contribution in [3.63, 3.8) is 0 Å². The van der Waals surface area contributed by atoms with Crippen LogP contribution in [0, 0.1) is 5.92 Å². The monoisotopic (exact) mass is 416 g/mol. The van der Waals surface area contributed by atoms with Crippen LogP contribution in [0.5, 0.6) is 0 Å². The molecule has 6 heteroatoms. The lowest BCUT2D eigenvalue weighted by atomic mass is 9.86. The van der Waals surface area contributed by atoms with Gasteiger partial charge in [0.2, 0.25) is 5.91 Å². The van der Waals surface area contributed by atoms with Crippen LogP contribution in [0.1, 0.15) is 51.4 Å². The van der Waals surface area contributed by atoms with Crippen molar-refractivity contribution in [2.75, 3.05) is 37.4 Å². The number of nitrogens with zero attached hydrogens (tertiary/aromatic N) is 2. The van der Waals surface area contributed by atoms with Gasteiger partial charge in [-0.1, -0.05) is 43.7 Å². The Morgan fingerprint density at radius 3 is 2.76 bits per heavy atom. The minimum atomic E-state index is 0.0400. The maximum atomic E-state index is 12.6. The Labute approximate surface area is 179 Å². The molecule has 1 heterocycles. The Hall–Kier alpha value is -1.85. The number of benzene rings is 1. The van der Waals surface area contributed by atoms with E-state index in [1.807, 2.05) is 38.4 Å². The molecule has 1 fully saturated rings. The van der Waals surface area contributed by atoms with Gasteiger partial charge in [-0.15, -0.1) is 0 Å². The number of hydrogen-bond acceptors (Lipinski definition) is 4. The minimum Gasteiger partial charge on any atom is -0.360 e. The van der Waals surface area contributed by atoms with E-state index in [2.05, 4.69) is 15.5 Å². The second-order valence-corrected chi connectivity index (χ2v) is 8.54. The largest absolute Gasteiger partial charge is 0.360 e. The molecule has 2 N–H and O–H groups in total. The highest BCUT2D eigenvalue weighted by atomic mass is 35.5. The van der Waals surface area contributed by atoms with Crippen LogP contribution in [0.3, 0.4) is 0 Å². The molecule has 1 aromatic heterocycles. The van der Waals surface area contributed by atoms with Crippen molar-refractivity contribution in [1.29, 1.82) is 0 Å². The third-order valence-corrected chi connectivity index (χ3v) is 6.20. The smallest absolute Gasteiger partial charge is 0.224 e. The Morgan fingerprint density at radius 2 is 2.00 bits per heavy atom. The van der Waals surface area contributed by atoms with E-state index in [1.165, 1.54) is 32.1 Å². The van der Waals surface area contributed by atoms with E-state index in [4.69, 9.17) is 16.6 Å². The van der Waals surface area contributed by atoms with Crippen LogP contribution in [0.2, 0.25) is 5.02 Å². The summed E-state index contributed by atoms with van der Waals surface area (Å²) in [6.07, 6.45) is 9.04. The summed E-state index contributed by atoms with van der Waals surface area (Å²) >= 11 is 6.42. The third-order valence-electron chi connectivity index (χ3n) is 5.89. The van der Waals surface area contributed by atoms with Gasteiger partial charge < -0.3 is 15.5 Å². The number of halogens is 1. The number of anilines is 2. The number of amides is 1. The summed E-state index contributed by atoms with van der Waals surface area (Å²) in [7, 11) is 4.01. The summed E-state index contributed by atoms with van der Waals surface area (Å²) < 4.78 is 0. The molecule has 1 amide bonds. The number of carbonyl (C=O) groups excluding carboxylic acids is 1. The van der Waals surface area contributed by atoms with Gasteiger partial charge >= 0.3 is 0 Å². The molecule has 0 aliphatic heterocycles. The zero-order valence-electron chi connectivity index (χ0n) is 17.6. The zero-order valence-corrected chi connectivity index (χ0v) is 18.4. The van der Waals surface area contributed by atoms with Gasteiger partial charge in [-0.3, -0.25) is 4.79 Å². The molecule has 3 rings (SSSR count). The molecular weight excluding hydrogens is 384 g/mol. The summed E-state index contributed by atoms with van der Waals surface area (Å²) in [5.74, 6) is 1.66. The first-order valence-electron chi connectivity index (χ1n) is 10.8. The Morgan fingerprint density at radius 1 is 1.21 bits per heavy atom. The van der Waals surface area contributed by atoms with Gasteiger partial charge in [0, 0.05) is 25.4 Å². The number of hydrogen-bond donors (Lipinski definition) is 2. The van der Waals surface area contributed by atoms with E-state index in [-0.39, 0.29) is 5.91 Å². The highest BCUT2D eigenvalue weighted by molar-refractivity contribution is 6.35. The van der Waals surface area contributed by atoms with Crippen LogP contribution in [0.4, 0.5) is 11.5 Å². The van der Waals surface area contributed by atoms with Crippen molar-refractivity contribution >= 4 is 39.9 Å². The Bertz CT molecular complexity index is 820. The second-order valence-electron chi connectivity index (χ2n) is 8.13. The minimum absolute atomic E-state index is 0.0400. The molecule has 1 aliphatic rings. The zero-order chi connectivity index (χ0) is 20.6. The Balaban J connectivity index is 1.68. The lowest BCUT2D eigenvalue weighted by Gasteiger charge is -2.21. The highest BCUT2D eigenvalue weighted by Crippen LogP contribution is 2.32. The normalized spacial score (nSPS) is 14.9. The van der Waals surface area contributed by atoms with E-state index >= 15 is 0 Å². The number of rotatable bonds is 9. The summed E-state index contributed by atoms with van der Waals surface area (Å²) in [5, 5.41) is 7.66.